The Kier molecular flexibility index (Phi) is 1.06. The van der Waals surface area contributed by atoms with Gasteiger partial charge in [-0.25, -0.2) is 4.79 Å². The van der Waals surface area contributed by atoms with Gasteiger partial charge in [-0.05, 0) is 34.5 Å². The number of ether oxygens (including phenoxy) is 1. The molecular formula is C11H22N2O2. The van der Waals surface area contributed by atoms with Gasteiger partial charge in [0.2, 0.25) is 0 Å². The minimum Gasteiger partial charge on any atom is -0.444 e. The number of amides is 1. The van der Waals surface area contributed by atoms with Gasteiger partial charge in [-0.3, -0.25) is 0 Å². The van der Waals surface area contributed by atoms with Crippen molar-refractivity contribution < 1.29 is 26.0 Å². The molecule has 15 heavy (non-hydrogen) atoms. The minimum absolute atomic E-state index is 0.436. The Morgan fingerprint density at radius 2 is 2.40 bits per heavy atom. The smallest absolute Gasteiger partial charge is 0.410 e. The number of rotatable bonds is 0. The summed E-state index contributed by atoms with van der Waals surface area (Å²) in [6, 6.07) is -7.13. The molecule has 1 saturated heterocycles. The molecule has 0 aliphatic carbocycles. The van der Waals surface area contributed by atoms with Crippen LogP contribution in [-0.4, -0.2) is 41.6 Å². The van der Waals surface area contributed by atoms with E-state index in [-0.39, 0.29) is 0 Å². The Morgan fingerprint density at radius 1 is 1.67 bits per heavy atom. The van der Waals surface area contributed by atoms with Gasteiger partial charge >= 0.3 is 6.09 Å². The highest BCUT2D eigenvalue weighted by Gasteiger charge is 2.29. The molecule has 1 aliphatic heterocycles. The summed E-state index contributed by atoms with van der Waals surface area (Å²) in [5, 5.41) is 1.51. The molecule has 0 spiro atoms. The molecule has 4 heteroatoms. The minimum atomic E-state index is -3.66. The maximum absolute atomic E-state index is 12.6. The van der Waals surface area contributed by atoms with Crippen LogP contribution in [0, 0.1) is 0 Å². The predicted octanol–water partition coefficient (Wildman–Crippen LogP) is 1.60. The third-order valence-electron chi connectivity index (χ3n) is 1.33. The molecule has 1 heterocycles. The fourth-order valence-corrected chi connectivity index (χ4v) is 0.818. The van der Waals surface area contributed by atoms with Crippen LogP contribution in [0.4, 0.5) is 4.79 Å². The van der Waals surface area contributed by atoms with Crippen molar-refractivity contribution in [3.63, 3.8) is 0 Å². The first-order valence-corrected chi connectivity index (χ1v) is 4.28. The summed E-state index contributed by atoms with van der Waals surface area (Å²) in [7, 11) is 0. The van der Waals surface area contributed by atoms with Crippen LogP contribution in [0.2, 0.25) is 0 Å². The molecule has 1 aliphatic rings. The molecule has 88 valence electrons. The van der Waals surface area contributed by atoms with Gasteiger partial charge in [0.1, 0.15) is 5.60 Å². The van der Waals surface area contributed by atoms with Crippen LogP contribution in [0.5, 0.6) is 0 Å². The third kappa shape index (κ3) is 3.70. The van der Waals surface area contributed by atoms with E-state index in [0.29, 0.717) is 0 Å². The Bertz CT molecular complexity index is 610. The lowest BCUT2D eigenvalue weighted by Crippen LogP contribution is -2.57. The molecule has 1 rings (SSSR count). The van der Waals surface area contributed by atoms with Crippen LogP contribution in [0.15, 0.2) is 0 Å². The summed E-state index contributed by atoms with van der Waals surface area (Å²) in [5.74, 6) is 0. The van der Waals surface area contributed by atoms with Crippen LogP contribution in [0.3, 0.4) is 0 Å². The average Bonchev–Trinajstić information content (AvgIpc) is 2.30. The van der Waals surface area contributed by atoms with Gasteiger partial charge < -0.3 is 15.0 Å². The molecule has 1 N–H and O–H groups in total. The Labute approximate surface area is 109 Å². The van der Waals surface area contributed by atoms with Crippen molar-refractivity contribution in [2.24, 2.45) is 0 Å². The van der Waals surface area contributed by atoms with Crippen LogP contribution in [0.25, 0.3) is 0 Å². The Balaban J connectivity index is 3.85. The lowest BCUT2D eigenvalue weighted by atomic mass is 10.1. The SMILES string of the molecule is [2H]C([2H])([2H])C1([2H])NC([2H])([2H])C([2H])(C([2H])([2H])[2H])N(C(=O)OC(C)(C)C)C1([2H])[2H]. The van der Waals surface area contributed by atoms with E-state index in [4.69, 9.17) is 21.2 Å². The van der Waals surface area contributed by atoms with E-state index < -0.39 is 55.3 Å². The van der Waals surface area contributed by atoms with E-state index in [1.807, 2.05) is 0 Å². The zero-order valence-electron chi connectivity index (χ0n) is 20.8. The molecule has 4 nitrogen and oxygen atoms in total. The lowest BCUT2D eigenvalue weighted by Gasteiger charge is -2.38. The molecule has 2 atom stereocenters. The number of hydrogen-bond acceptors (Lipinski definition) is 3. The van der Waals surface area contributed by atoms with Crippen molar-refractivity contribution >= 4 is 6.09 Å². The fourth-order valence-electron chi connectivity index (χ4n) is 0.818. The molecule has 2 unspecified atom stereocenters. The quantitative estimate of drug-likeness (QED) is 0.682. The monoisotopic (exact) mass is 226 g/mol. The third-order valence-corrected chi connectivity index (χ3v) is 1.33. The van der Waals surface area contributed by atoms with Crippen LogP contribution < -0.4 is 5.32 Å². The highest BCUT2D eigenvalue weighted by Crippen LogP contribution is 2.14. The highest BCUT2D eigenvalue weighted by molar-refractivity contribution is 5.68. The van der Waals surface area contributed by atoms with Gasteiger partial charge in [0.05, 0.1) is 4.11 Å². The molecule has 0 saturated carbocycles. The first-order valence-electron chi connectivity index (χ1n) is 10.3. The molecule has 0 aromatic heterocycles. The van der Waals surface area contributed by atoms with Gasteiger partial charge in [-0.15, -0.1) is 0 Å². The number of nitrogens with zero attached hydrogens (tertiary/aromatic N) is 1. The number of carbonyl (C=O) groups excluding carboxylic acids is 1. The Hall–Kier alpha value is -0.770. The first-order chi connectivity index (χ1) is 11.5. The summed E-state index contributed by atoms with van der Waals surface area (Å²) in [4.78, 5) is 12.2. The van der Waals surface area contributed by atoms with E-state index in [9.17, 15) is 4.79 Å². The van der Waals surface area contributed by atoms with Gasteiger partial charge in [0.25, 0.3) is 0 Å². The molecule has 1 fully saturated rings. The summed E-state index contributed by atoms with van der Waals surface area (Å²) < 4.78 is 98.2. The second-order valence-corrected chi connectivity index (χ2v) is 3.90. The van der Waals surface area contributed by atoms with E-state index >= 15 is 0 Å². The first kappa shape index (κ1) is 3.62. The summed E-state index contributed by atoms with van der Waals surface area (Å²) in [5.41, 5.74) is -1.30. The van der Waals surface area contributed by atoms with Crippen LogP contribution in [-0.2, 0) is 4.74 Å². The zero-order chi connectivity index (χ0) is 22.1. The van der Waals surface area contributed by atoms with Crippen LogP contribution >= 0.6 is 0 Å². The highest BCUT2D eigenvalue weighted by atomic mass is 16.6. The van der Waals surface area contributed by atoms with E-state index in [0.717, 1.165) is 0 Å². The number of piperazine rings is 1. The van der Waals surface area contributed by atoms with Crippen LogP contribution in [0.1, 0.15) is 50.9 Å². The van der Waals surface area contributed by atoms with Crippen molar-refractivity contribution in [1.82, 2.24) is 10.2 Å². The second-order valence-electron chi connectivity index (χ2n) is 3.90. The molecule has 0 aromatic carbocycles. The van der Waals surface area contributed by atoms with Crippen molar-refractivity contribution in [3.05, 3.63) is 0 Å². The van der Waals surface area contributed by atoms with Crippen molar-refractivity contribution in [2.45, 2.75) is 52.1 Å². The van der Waals surface area contributed by atoms with Crippen molar-refractivity contribution in [3.8, 4) is 0 Å². The summed E-state index contributed by atoms with van der Waals surface area (Å²) in [6.07, 6.45) is -1.77. The molecule has 1 amide bonds. The van der Waals surface area contributed by atoms with Gasteiger partial charge in [0, 0.05) is 37.4 Å². The normalized spacial score (nSPS) is 57.7. The van der Waals surface area contributed by atoms with E-state index in [1.54, 1.807) is 0 Å². The summed E-state index contributed by atoms with van der Waals surface area (Å²) >= 11 is 0. The fraction of sp³-hybridized carbons (Fsp3) is 0.909. The largest absolute Gasteiger partial charge is 0.444 e. The number of nitrogens with one attached hydrogen (secondary N) is 1. The van der Waals surface area contributed by atoms with Crippen molar-refractivity contribution in [2.75, 3.05) is 13.0 Å². The summed E-state index contributed by atoms with van der Waals surface area (Å²) in [6.45, 7) is -10.3. The molecular weight excluding hydrogens is 192 g/mol. The number of carbonyl (C=O) groups is 1. The van der Waals surface area contributed by atoms with Gasteiger partial charge in [-0.1, -0.05) is 0 Å². The van der Waals surface area contributed by atoms with Gasteiger partial charge in [-0.2, -0.15) is 0 Å². The topological polar surface area (TPSA) is 41.6 Å². The Morgan fingerprint density at radius 3 is 2.93 bits per heavy atom. The molecule has 0 bridgehead atoms. The zero-order valence-corrected chi connectivity index (χ0v) is 8.76. The second kappa shape index (κ2) is 4.39. The maximum Gasteiger partial charge on any atom is 0.410 e. The average molecular weight is 226 g/mol. The standard InChI is InChI=1S/C11H22N2O2/c1-8-7-13(9(2)6-12-8)10(14)15-11(3,4)5/h8-9,12H,6-7H2,1-5H3/i1D3,2D3,6D2,7D2,8D,9D. The molecule has 0 aromatic rings. The van der Waals surface area contributed by atoms with Gasteiger partial charge in [0.15, 0.2) is 0 Å². The lowest BCUT2D eigenvalue weighted by molar-refractivity contribution is 0.0104. The predicted molar refractivity (Wildman–Crippen MR) is 59.9 cm³/mol. The number of hydrogen-bond donors (Lipinski definition) is 1. The molecule has 0 radical (unpaired) electrons. The van der Waals surface area contributed by atoms with E-state index in [1.165, 1.54) is 26.1 Å². The van der Waals surface area contributed by atoms with Crippen molar-refractivity contribution in [1.29, 1.82) is 0 Å². The maximum atomic E-state index is 12.6. The van der Waals surface area contributed by atoms with E-state index in [2.05, 4.69) is 0 Å².